The van der Waals surface area contributed by atoms with Crippen molar-refractivity contribution in [3.05, 3.63) is 67.9 Å². The molecule has 3 rings (SSSR count). The Balaban J connectivity index is 1.59. The third-order valence-electron chi connectivity index (χ3n) is 4.98. The lowest BCUT2D eigenvalue weighted by Crippen LogP contribution is -2.31. The van der Waals surface area contributed by atoms with Crippen molar-refractivity contribution in [2.75, 3.05) is 6.54 Å². The largest absolute Gasteiger partial charge is 0.350 e. The highest BCUT2D eigenvalue weighted by Crippen LogP contribution is 2.32. The van der Waals surface area contributed by atoms with Crippen LogP contribution < -0.4 is 10.9 Å². The van der Waals surface area contributed by atoms with E-state index in [9.17, 15) is 19.7 Å². The number of amides is 1. The summed E-state index contributed by atoms with van der Waals surface area (Å²) in [5.74, 6) is -0.0361. The first kappa shape index (κ1) is 18.8. The van der Waals surface area contributed by atoms with Gasteiger partial charge in [-0.25, -0.2) is 4.98 Å². The molecule has 8 nitrogen and oxygen atoms in total. The summed E-state index contributed by atoms with van der Waals surface area (Å²) in [4.78, 5) is 39.3. The fraction of sp³-hybridized carbons (Fsp3) is 0.421. The minimum atomic E-state index is -0.511. The highest BCUT2D eigenvalue weighted by atomic mass is 16.6. The van der Waals surface area contributed by atoms with Crippen molar-refractivity contribution in [1.82, 2.24) is 14.9 Å². The normalized spacial score (nSPS) is 14.3. The summed E-state index contributed by atoms with van der Waals surface area (Å²) < 4.78 is 1.45. The molecule has 1 fully saturated rings. The number of nitrogens with zero attached hydrogens (tertiary/aromatic N) is 3. The van der Waals surface area contributed by atoms with E-state index in [0.717, 1.165) is 18.5 Å². The molecule has 1 amide bonds. The maximum absolute atomic E-state index is 12.2. The number of rotatable bonds is 6. The highest BCUT2D eigenvalue weighted by Gasteiger charge is 2.19. The number of aryl methyl sites for hydroxylation is 1. The molecule has 27 heavy (non-hydrogen) atoms. The molecule has 0 spiro atoms. The van der Waals surface area contributed by atoms with Gasteiger partial charge in [0, 0.05) is 42.3 Å². The minimum Gasteiger partial charge on any atom is -0.350 e. The number of nitro benzene ring substituents is 1. The molecule has 0 radical (unpaired) electrons. The SMILES string of the molecule is Cc1ccc(C(=O)NCCn2cnc(C3CCCC3)cc2=O)cc1[N+](=O)[O-]. The van der Waals surface area contributed by atoms with Crippen molar-refractivity contribution in [2.45, 2.75) is 45.1 Å². The van der Waals surface area contributed by atoms with Crippen LogP contribution in [0.2, 0.25) is 0 Å². The van der Waals surface area contributed by atoms with E-state index in [2.05, 4.69) is 10.3 Å². The van der Waals surface area contributed by atoms with Gasteiger partial charge in [-0.05, 0) is 25.8 Å². The molecule has 0 saturated heterocycles. The Morgan fingerprint density at radius 2 is 2.07 bits per heavy atom. The predicted molar refractivity (Wildman–Crippen MR) is 99.9 cm³/mol. The monoisotopic (exact) mass is 370 g/mol. The predicted octanol–water partition coefficient (Wildman–Crippen LogP) is 2.55. The second kappa shape index (κ2) is 8.11. The molecule has 1 aliphatic rings. The van der Waals surface area contributed by atoms with E-state index in [4.69, 9.17) is 0 Å². The van der Waals surface area contributed by atoms with Gasteiger partial charge in [0.1, 0.15) is 0 Å². The van der Waals surface area contributed by atoms with Crippen molar-refractivity contribution >= 4 is 11.6 Å². The number of benzene rings is 1. The van der Waals surface area contributed by atoms with Gasteiger partial charge in [-0.15, -0.1) is 0 Å². The van der Waals surface area contributed by atoms with Gasteiger partial charge in [-0.1, -0.05) is 18.9 Å². The van der Waals surface area contributed by atoms with E-state index in [1.165, 1.54) is 29.8 Å². The summed E-state index contributed by atoms with van der Waals surface area (Å²) in [5.41, 5.74) is 1.34. The van der Waals surface area contributed by atoms with Crippen LogP contribution in [0.25, 0.3) is 0 Å². The van der Waals surface area contributed by atoms with Gasteiger partial charge < -0.3 is 5.32 Å². The van der Waals surface area contributed by atoms with E-state index >= 15 is 0 Å². The lowest BCUT2D eigenvalue weighted by atomic mass is 10.0. The standard InChI is InChI=1S/C19H22N4O4/c1-13-6-7-15(10-17(13)23(26)27)19(25)20-8-9-22-12-21-16(11-18(22)24)14-4-2-3-5-14/h6-7,10-12,14H,2-5,8-9H2,1H3,(H,20,25). The molecule has 0 atom stereocenters. The summed E-state index contributed by atoms with van der Waals surface area (Å²) in [7, 11) is 0. The van der Waals surface area contributed by atoms with Gasteiger partial charge >= 0.3 is 0 Å². The van der Waals surface area contributed by atoms with Crippen LogP contribution in [-0.2, 0) is 6.54 Å². The Hall–Kier alpha value is -3.03. The third kappa shape index (κ3) is 4.39. The number of carbonyl (C=O) groups excluding carboxylic acids is 1. The zero-order chi connectivity index (χ0) is 19.4. The fourth-order valence-electron chi connectivity index (χ4n) is 3.39. The van der Waals surface area contributed by atoms with E-state index in [-0.39, 0.29) is 29.9 Å². The van der Waals surface area contributed by atoms with E-state index in [1.54, 1.807) is 25.1 Å². The maximum atomic E-state index is 12.2. The van der Waals surface area contributed by atoms with Crippen molar-refractivity contribution < 1.29 is 9.72 Å². The number of nitrogens with one attached hydrogen (secondary N) is 1. The van der Waals surface area contributed by atoms with Crippen molar-refractivity contribution in [3.63, 3.8) is 0 Å². The molecule has 8 heteroatoms. The number of hydrogen-bond acceptors (Lipinski definition) is 5. The van der Waals surface area contributed by atoms with Crippen LogP contribution in [0.1, 0.15) is 53.2 Å². The molecule has 142 valence electrons. The molecular formula is C19H22N4O4. The Labute approximate surface area is 156 Å². The van der Waals surface area contributed by atoms with Crippen LogP contribution in [-0.4, -0.2) is 26.9 Å². The molecule has 2 aromatic rings. The van der Waals surface area contributed by atoms with Gasteiger partial charge in [0.25, 0.3) is 17.2 Å². The molecule has 0 unspecified atom stereocenters. The van der Waals surface area contributed by atoms with Crippen LogP contribution in [0.3, 0.4) is 0 Å². The number of carbonyl (C=O) groups is 1. The fourth-order valence-corrected chi connectivity index (χ4v) is 3.39. The average Bonchev–Trinajstić information content (AvgIpc) is 3.17. The summed E-state index contributed by atoms with van der Waals surface area (Å²) in [6.07, 6.45) is 6.04. The van der Waals surface area contributed by atoms with Gasteiger partial charge in [0.05, 0.1) is 16.9 Å². The van der Waals surface area contributed by atoms with Crippen molar-refractivity contribution in [3.8, 4) is 0 Å². The van der Waals surface area contributed by atoms with Gasteiger partial charge in [-0.2, -0.15) is 0 Å². The average molecular weight is 370 g/mol. The van der Waals surface area contributed by atoms with Gasteiger partial charge in [0.15, 0.2) is 0 Å². The molecule has 1 aromatic carbocycles. The molecule has 1 aromatic heterocycles. The minimum absolute atomic E-state index is 0.0921. The smallest absolute Gasteiger partial charge is 0.273 e. The topological polar surface area (TPSA) is 107 Å². The Morgan fingerprint density at radius 3 is 2.74 bits per heavy atom. The molecule has 1 saturated carbocycles. The van der Waals surface area contributed by atoms with E-state index in [1.807, 2.05) is 0 Å². The molecule has 1 aliphatic carbocycles. The van der Waals surface area contributed by atoms with Gasteiger partial charge in [-0.3, -0.25) is 24.3 Å². The first-order chi connectivity index (χ1) is 13.0. The molecule has 1 heterocycles. The van der Waals surface area contributed by atoms with Crippen LogP contribution in [0, 0.1) is 17.0 Å². The first-order valence-electron chi connectivity index (χ1n) is 9.05. The first-order valence-corrected chi connectivity index (χ1v) is 9.05. The lowest BCUT2D eigenvalue weighted by molar-refractivity contribution is -0.385. The molecular weight excluding hydrogens is 348 g/mol. The zero-order valence-electron chi connectivity index (χ0n) is 15.2. The molecule has 0 aliphatic heterocycles. The lowest BCUT2D eigenvalue weighted by Gasteiger charge is -2.11. The van der Waals surface area contributed by atoms with Crippen molar-refractivity contribution in [2.24, 2.45) is 0 Å². The van der Waals surface area contributed by atoms with Crippen LogP contribution in [0.15, 0.2) is 35.4 Å². The number of nitro groups is 1. The molecule has 1 N–H and O–H groups in total. The second-order valence-corrected chi connectivity index (χ2v) is 6.84. The maximum Gasteiger partial charge on any atom is 0.273 e. The van der Waals surface area contributed by atoms with Crippen LogP contribution in [0.4, 0.5) is 5.69 Å². The summed E-state index contributed by atoms with van der Waals surface area (Å²) in [5, 5.41) is 13.7. The quantitative estimate of drug-likeness (QED) is 0.621. The van der Waals surface area contributed by atoms with Crippen LogP contribution >= 0.6 is 0 Å². The Morgan fingerprint density at radius 1 is 1.33 bits per heavy atom. The number of hydrogen-bond donors (Lipinski definition) is 1. The summed E-state index contributed by atoms with van der Waals surface area (Å²) in [6.45, 7) is 2.13. The van der Waals surface area contributed by atoms with Crippen molar-refractivity contribution in [1.29, 1.82) is 0 Å². The Kier molecular flexibility index (Phi) is 5.63. The summed E-state index contributed by atoms with van der Waals surface area (Å²) in [6, 6.07) is 5.93. The van der Waals surface area contributed by atoms with Crippen LogP contribution in [0.5, 0.6) is 0 Å². The zero-order valence-corrected chi connectivity index (χ0v) is 15.2. The second-order valence-electron chi connectivity index (χ2n) is 6.84. The van der Waals surface area contributed by atoms with E-state index in [0.29, 0.717) is 11.5 Å². The van der Waals surface area contributed by atoms with Gasteiger partial charge in [0.2, 0.25) is 0 Å². The molecule has 0 bridgehead atoms. The highest BCUT2D eigenvalue weighted by molar-refractivity contribution is 5.94. The number of aromatic nitrogens is 2. The third-order valence-corrected chi connectivity index (χ3v) is 4.98. The van der Waals surface area contributed by atoms with E-state index < -0.39 is 10.8 Å². The summed E-state index contributed by atoms with van der Waals surface area (Å²) >= 11 is 0. The Bertz CT molecular complexity index is 916.